The van der Waals surface area contributed by atoms with E-state index in [1.807, 2.05) is 0 Å². The number of methoxy groups -OCH3 is 1. The van der Waals surface area contributed by atoms with E-state index in [0.717, 1.165) is 33.9 Å². The second-order valence-electron chi connectivity index (χ2n) is 5.81. The summed E-state index contributed by atoms with van der Waals surface area (Å²) >= 11 is 2.35. The Morgan fingerprint density at radius 1 is 1.35 bits per heavy atom. The first-order valence-corrected chi connectivity index (χ1v) is 8.47. The van der Waals surface area contributed by atoms with Crippen molar-refractivity contribution in [2.75, 3.05) is 19.0 Å². The first kappa shape index (κ1) is 15.9. The first-order valence-electron chi connectivity index (χ1n) is 7.39. The van der Waals surface area contributed by atoms with Crippen LogP contribution in [0.1, 0.15) is 51.2 Å². The molecule has 0 amide bonds. The van der Waals surface area contributed by atoms with Gasteiger partial charge in [0.25, 0.3) is 0 Å². The molecular weight excluding hydrogens is 365 g/mol. The van der Waals surface area contributed by atoms with Crippen molar-refractivity contribution in [3.05, 3.63) is 15.1 Å². The quantitative estimate of drug-likeness (QED) is 0.721. The van der Waals surface area contributed by atoms with Gasteiger partial charge in [-0.3, -0.25) is 0 Å². The van der Waals surface area contributed by atoms with Gasteiger partial charge in [-0.1, -0.05) is 13.8 Å². The molecule has 1 aromatic rings. The van der Waals surface area contributed by atoms with Gasteiger partial charge in [0, 0.05) is 13.7 Å². The molecule has 1 unspecified atom stereocenters. The van der Waals surface area contributed by atoms with Gasteiger partial charge >= 0.3 is 0 Å². The maximum absolute atomic E-state index is 5.64. The largest absolute Gasteiger partial charge is 0.373 e. The molecule has 5 heteroatoms. The van der Waals surface area contributed by atoms with Crippen LogP contribution in [0, 0.1) is 15.4 Å². The van der Waals surface area contributed by atoms with Gasteiger partial charge in [0.15, 0.2) is 5.82 Å². The van der Waals surface area contributed by atoms with Gasteiger partial charge in [-0.05, 0) is 60.6 Å². The molecule has 0 aromatic carbocycles. The molecular formula is C15H24IN3O. The lowest BCUT2D eigenvalue weighted by Gasteiger charge is -2.18. The van der Waals surface area contributed by atoms with Gasteiger partial charge in [-0.15, -0.1) is 0 Å². The molecule has 0 saturated heterocycles. The third kappa shape index (κ3) is 3.81. The number of halogens is 1. The second kappa shape index (κ2) is 7.02. The van der Waals surface area contributed by atoms with Crippen molar-refractivity contribution < 1.29 is 4.74 Å². The molecule has 0 spiro atoms. The fourth-order valence-corrected chi connectivity index (χ4v) is 3.01. The lowest BCUT2D eigenvalue weighted by Crippen LogP contribution is -2.15. The van der Waals surface area contributed by atoms with Gasteiger partial charge in [-0.2, -0.15) is 0 Å². The van der Waals surface area contributed by atoms with Crippen LogP contribution in [0.3, 0.4) is 0 Å². The minimum Gasteiger partial charge on any atom is -0.373 e. The molecule has 1 aliphatic carbocycles. The van der Waals surface area contributed by atoms with Crippen LogP contribution in [0.15, 0.2) is 0 Å². The van der Waals surface area contributed by atoms with Crippen LogP contribution in [0.5, 0.6) is 0 Å². The van der Waals surface area contributed by atoms with E-state index in [1.165, 1.54) is 12.8 Å². The summed E-state index contributed by atoms with van der Waals surface area (Å²) in [5.41, 5.74) is 1.14. The van der Waals surface area contributed by atoms with E-state index in [1.54, 1.807) is 7.11 Å². The van der Waals surface area contributed by atoms with Crippen molar-refractivity contribution in [1.82, 2.24) is 9.97 Å². The summed E-state index contributed by atoms with van der Waals surface area (Å²) in [7, 11) is 1.76. The molecule has 20 heavy (non-hydrogen) atoms. The van der Waals surface area contributed by atoms with Gasteiger partial charge in [0.2, 0.25) is 0 Å². The number of hydrogen-bond acceptors (Lipinski definition) is 4. The van der Waals surface area contributed by atoms with Crippen molar-refractivity contribution in [3.8, 4) is 0 Å². The fraction of sp³-hybridized carbons (Fsp3) is 0.733. The second-order valence-corrected chi connectivity index (χ2v) is 6.89. The highest BCUT2D eigenvalue weighted by molar-refractivity contribution is 14.1. The summed E-state index contributed by atoms with van der Waals surface area (Å²) in [4.78, 5) is 9.51. The standard InChI is InChI=1S/C15H24IN3O/c1-5-17-14-12(16)11(8-9(2)3)18-15(19-14)13(20-4)10-6-7-10/h9-10,13H,5-8H2,1-4H3,(H,17,18,19). The maximum atomic E-state index is 5.64. The Morgan fingerprint density at radius 2 is 2.05 bits per heavy atom. The number of nitrogens with zero attached hydrogens (tertiary/aromatic N) is 2. The first-order chi connectivity index (χ1) is 9.56. The number of aromatic nitrogens is 2. The van der Waals surface area contributed by atoms with Crippen molar-refractivity contribution in [2.24, 2.45) is 11.8 Å². The Bertz CT molecular complexity index is 461. The highest BCUT2D eigenvalue weighted by atomic mass is 127. The summed E-state index contributed by atoms with van der Waals surface area (Å²) in [5, 5.41) is 3.35. The van der Waals surface area contributed by atoms with E-state index in [0.29, 0.717) is 11.8 Å². The Balaban J connectivity index is 2.37. The summed E-state index contributed by atoms with van der Waals surface area (Å²) in [6.07, 6.45) is 3.48. The monoisotopic (exact) mass is 389 g/mol. The zero-order valence-electron chi connectivity index (χ0n) is 12.7. The minimum absolute atomic E-state index is 0.0512. The number of anilines is 1. The van der Waals surface area contributed by atoms with E-state index in [9.17, 15) is 0 Å². The smallest absolute Gasteiger partial charge is 0.160 e. The SMILES string of the molecule is CCNc1nc(C(OC)C2CC2)nc(CC(C)C)c1I. The summed E-state index contributed by atoms with van der Waals surface area (Å²) in [6.45, 7) is 7.41. The molecule has 0 radical (unpaired) electrons. The number of hydrogen-bond donors (Lipinski definition) is 1. The molecule has 1 heterocycles. The Kier molecular flexibility index (Phi) is 5.60. The van der Waals surface area contributed by atoms with Crippen LogP contribution >= 0.6 is 22.6 Å². The number of nitrogens with one attached hydrogen (secondary N) is 1. The molecule has 1 fully saturated rings. The molecule has 1 atom stereocenters. The molecule has 1 saturated carbocycles. The number of ether oxygens (including phenoxy) is 1. The minimum atomic E-state index is 0.0512. The average Bonchev–Trinajstić information content (AvgIpc) is 3.20. The third-order valence-electron chi connectivity index (χ3n) is 3.44. The molecule has 2 rings (SSSR count). The van der Waals surface area contributed by atoms with Crippen LogP contribution in [0.4, 0.5) is 5.82 Å². The number of rotatable bonds is 7. The van der Waals surface area contributed by atoms with Crippen molar-refractivity contribution >= 4 is 28.4 Å². The molecule has 1 aromatic heterocycles. The van der Waals surface area contributed by atoms with E-state index < -0.39 is 0 Å². The molecule has 4 nitrogen and oxygen atoms in total. The Hall–Kier alpha value is -0.430. The molecule has 1 aliphatic rings. The van der Waals surface area contributed by atoms with E-state index in [4.69, 9.17) is 14.7 Å². The normalized spacial score (nSPS) is 16.5. The van der Waals surface area contributed by atoms with Crippen molar-refractivity contribution in [3.63, 3.8) is 0 Å². The van der Waals surface area contributed by atoms with Crippen LogP contribution in [-0.4, -0.2) is 23.6 Å². The molecule has 0 aliphatic heterocycles. The van der Waals surface area contributed by atoms with E-state index >= 15 is 0 Å². The molecule has 112 valence electrons. The Morgan fingerprint density at radius 3 is 2.55 bits per heavy atom. The third-order valence-corrected chi connectivity index (χ3v) is 4.58. The van der Waals surface area contributed by atoms with Crippen LogP contribution in [0.25, 0.3) is 0 Å². The van der Waals surface area contributed by atoms with Crippen LogP contribution in [0.2, 0.25) is 0 Å². The molecule has 1 N–H and O–H groups in total. The van der Waals surface area contributed by atoms with Gasteiger partial charge in [0.1, 0.15) is 11.9 Å². The van der Waals surface area contributed by atoms with E-state index in [-0.39, 0.29) is 6.10 Å². The highest BCUT2D eigenvalue weighted by Crippen LogP contribution is 2.42. The predicted molar refractivity (Wildman–Crippen MR) is 89.9 cm³/mol. The van der Waals surface area contributed by atoms with Crippen LogP contribution in [-0.2, 0) is 11.2 Å². The summed E-state index contributed by atoms with van der Waals surface area (Å²) in [5.74, 6) is 2.99. The maximum Gasteiger partial charge on any atom is 0.160 e. The van der Waals surface area contributed by atoms with E-state index in [2.05, 4.69) is 48.7 Å². The lowest BCUT2D eigenvalue weighted by molar-refractivity contribution is 0.0770. The predicted octanol–water partition coefficient (Wildman–Crippen LogP) is 3.81. The van der Waals surface area contributed by atoms with Gasteiger partial charge < -0.3 is 10.1 Å². The van der Waals surface area contributed by atoms with Crippen molar-refractivity contribution in [1.29, 1.82) is 0 Å². The highest BCUT2D eigenvalue weighted by Gasteiger charge is 2.35. The summed E-state index contributed by atoms with van der Waals surface area (Å²) in [6, 6.07) is 0. The van der Waals surface area contributed by atoms with Gasteiger partial charge in [-0.25, -0.2) is 9.97 Å². The zero-order valence-corrected chi connectivity index (χ0v) is 14.9. The molecule has 0 bridgehead atoms. The zero-order chi connectivity index (χ0) is 14.7. The topological polar surface area (TPSA) is 47.0 Å². The van der Waals surface area contributed by atoms with Gasteiger partial charge in [0.05, 0.1) is 9.26 Å². The fourth-order valence-electron chi connectivity index (χ4n) is 2.35. The summed E-state index contributed by atoms with van der Waals surface area (Å²) < 4.78 is 6.78. The average molecular weight is 389 g/mol. The Labute approximate surface area is 135 Å². The van der Waals surface area contributed by atoms with Crippen molar-refractivity contribution in [2.45, 2.75) is 46.1 Å². The lowest BCUT2D eigenvalue weighted by atomic mass is 10.1. The van der Waals surface area contributed by atoms with Crippen LogP contribution < -0.4 is 5.32 Å².